The number of rotatable bonds is 4. The van der Waals surface area contributed by atoms with Crippen molar-refractivity contribution in [2.75, 3.05) is 6.54 Å². The second kappa shape index (κ2) is 7.41. The van der Waals surface area contributed by atoms with E-state index in [9.17, 15) is 24.2 Å². The van der Waals surface area contributed by atoms with Crippen molar-refractivity contribution >= 4 is 11.8 Å². The Morgan fingerprint density at radius 2 is 1.93 bits per heavy atom. The molecule has 2 aromatic rings. The minimum Gasteiger partial charge on any atom is -0.501 e. The van der Waals surface area contributed by atoms with Gasteiger partial charge < -0.3 is 20.4 Å². The lowest BCUT2D eigenvalue weighted by atomic mass is 9.97. The highest BCUT2D eigenvalue weighted by Crippen LogP contribution is 2.39. The molecule has 1 aliphatic rings. The summed E-state index contributed by atoms with van der Waals surface area (Å²) in [5.74, 6) is -2.67. The summed E-state index contributed by atoms with van der Waals surface area (Å²) in [7, 11) is 0. The number of hydrogen-bond acceptors (Lipinski definition) is 6. The zero-order valence-electron chi connectivity index (χ0n) is 15.6. The average molecular weight is 388 g/mol. The molecule has 1 saturated heterocycles. The van der Waals surface area contributed by atoms with Crippen molar-refractivity contribution in [2.24, 2.45) is 0 Å². The Labute approximate surface area is 161 Å². The molecule has 1 atom stereocenters. The maximum absolute atomic E-state index is 13.0. The molecule has 0 bridgehead atoms. The second-order valence-corrected chi connectivity index (χ2v) is 6.93. The molecule has 0 saturated carbocycles. The van der Waals surface area contributed by atoms with E-state index in [0.717, 1.165) is 6.42 Å². The van der Waals surface area contributed by atoms with Gasteiger partial charge in [0.1, 0.15) is 11.4 Å². The van der Waals surface area contributed by atoms with Crippen molar-refractivity contribution in [3.63, 3.8) is 0 Å². The van der Waals surface area contributed by atoms with Crippen LogP contribution in [0.15, 0.2) is 24.3 Å². The molecule has 0 radical (unpaired) electrons. The van der Waals surface area contributed by atoms with Gasteiger partial charge in [0.25, 0.3) is 11.8 Å². The molecule has 2 heterocycles. The Hall–Kier alpha value is -3.23. The van der Waals surface area contributed by atoms with Crippen LogP contribution in [0.25, 0.3) is 0 Å². The Bertz CT molecular complexity index is 919. The fourth-order valence-corrected chi connectivity index (χ4v) is 3.41. The largest absolute Gasteiger partial charge is 0.501 e. The Morgan fingerprint density at radius 1 is 1.25 bits per heavy atom. The molecule has 1 aliphatic heterocycles. The molecular weight excluding hydrogens is 367 g/mol. The van der Waals surface area contributed by atoms with Crippen molar-refractivity contribution in [3.8, 4) is 11.6 Å². The fourth-order valence-electron chi connectivity index (χ4n) is 3.41. The SMILES string of the molecule is CC(=O)N1CCC[C@@]1(C)c1nc(O)c(O)c(C(=O)NCc2ccc(F)cc2)n1. The zero-order chi connectivity index (χ0) is 20.5. The first kappa shape index (κ1) is 19.5. The molecule has 1 aromatic heterocycles. The molecule has 0 aliphatic carbocycles. The summed E-state index contributed by atoms with van der Waals surface area (Å²) in [5.41, 5.74) is -0.622. The number of nitrogens with one attached hydrogen (secondary N) is 1. The third-order valence-electron chi connectivity index (χ3n) is 4.95. The van der Waals surface area contributed by atoms with Crippen LogP contribution in [0.5, 0.6) is 11.6 Å². The number of carbonyl (C=O) groups is 2. The van der Waals surface area contributed by atoms with Crippen LogP contribution in [0.1, 0.15) is 48.6 Å². The van der Waals surface area contributed by atoms with Gasteiger partial charge in [0.2, 0.25) is 11.7 Å². The molecule has 9 heteroatoms. The standard InChI is InChI=1S/C19H21FN4O4/c1-11(25)24-9-3-8-19(24,2)18-22-14(15(26)17(28)23-18)16(27)21-10-12-4-6-13(20)7-5-12/h4-7,26H,3,8-10H2,1-2H3,(H,21,27)(H,22,23,28)/t19-/m0/s1. The Morgan fingerprint density at radius 3 is 2.57 bits per heavy atom. The summed E-state index contributed by atoms with van der Waals surface area (Å²) in [6.07, 6.45) is 1.29. The van der Waals surface area contributed by atoms with Crippen molar-refractivity contribution in [1.29, 1.82) is 0 Å². The van der Waals surface area contributed by atoms with Gasteiger partial charge in [-0.05, 0) is 37.5 Å². The van der Waals surface area contributed by atoms with E-state index in [0.29, 0.717) is 18.5 Å². The van der Waals surface area contributed by atoms with Gasteiger partial charge in [-0.1, -0.05) is 12.1 Å². The first-order valence-electron chi connectivity index (χ1n) is 8.83. The third-order valence-corrected chi connectivity index (χ3v) is 4.95. The number of halogens is 1. The van der Waals surface area contributed by atoms with Gasteiger partial charge in [-0.3, -0.25) is 9.59 Å². The van der Waals surface area contributed by atoms with E-state index < -0.39 is 28.9 Å². The Kier molecular flexibility index (Phi) is 5.17. The lowest BCUT2D eigenvalue weighted by Gasteiger charge is -2.33. The highest BCUT2D eigenvalue weighted by atomic mass is 19.1. The van der Waals surface area contributed by atoms with Gasteiger partial charge >= 0.3 is 0 Å². The lowest BCUT2D eigenvalue weighted by molar-refractivity contribution is -0.133. The molecule has 0 unspecified atom stereocenters. The van der Waals surface area contributed by atoms with E-state index in [4.69, 9.17) is 0 Å². The van der Waals surface area contributed by atoms with E-state index >= 15 is 0 Å². The van der Waals surface area contributed by atoms with Crippen LogP contribution in [-0.2, 0) is 16.9 Å². The van der Waals surface area contributed by atoms with E-state index in [1.165, 1.54) is 31.2 Å². The average Bonchev–Trinajstić information content (AvgIpc) is 3.06. The van der Waals surface area contributed by atoms with Crippen molar-refractivity contribution in [2.45, 2.75) is 38.8 Å². The van der Waals surface area contributed by atoms with E-state index in [-0.39, 0.29) is 24.0 Å². The topological polar surface area (TPSA) is 116 Å². The Balaban J connectivity index is 1.88. The number of carbonyl (C=O) groups excluding carboxylic acids is 2. The van der Waals surface area contributed by atoms with Gasteiger partial charge in [-0.25, -0.2) is 9.37 Å². The van der Waals surface area contributed by atoms with Crippen LogP contribution in [0, 0.1) is 5.82 Å². The first-order chi connectivity index (χ1) is 13.2. The summed E-state index contributed by atoms with van der Waals surface area (Å²) in [4.78, 5) is 34.1. The van der Waals surface area contributed by atoms with Crippen molar-refractivity contribution in [3.05, 3.63) is 47.2 Å². The molecule has 8 nitrogen and oxygen atoms in total. The highest BCUT2D eigenvalue weighted by Gasteiger charge is 2.43. The van der Waals surface area contributed by atoms with E-state index in [1.807, 2.05) is 0 Å². The summed E-state index contributed by atoms with van der Waals surface area (Å²) < 4.78 is 13.0. The van der Waals surface area contributed by atoms with Gasteiger partial charge in [-0.15, -0.1) is 0 Å². The zero-order valence-corrected chi connectivity index (χ0v) is 15.6. The van der Waals surface area contributed by atoms with Crippen LogP contribution in [0.3, 0.4) is 0 Å². The van der Waals surface area contributed by atoms with Gasteiger partial charge in [0.05, 0.1) is 0 Å². The van der Waals surface area contributed by atoms with Gasteiger partial charge in [-0.2, -0.15) is 4.98 Å². The quantitative estimate of drug-likeness (QED) is 0.736. The minimum absolute atomic E-state index is 0.0789. The predicted octanol–water partition coefficient (Wildman–Crippen LogP) is 1.81. The number of aromatic hydroxyl groups is 2. The van der Waals surface area contributed by atoms with Crippen molar-refractivity contribution in [1.82, 2.24) is 20.2 Å². The number of hydrogen-bond donors (Lipinski definition) is 3. The van der Waals surface area contributed by atoms with E-state index in [2.05, 4.69) is 15.3 Å². The second-order valence-electron chi connectivity index (χ2n) is 6.93. The number of likely N-dealkylation sites (tertiary alicyclic amines) is 1. The normalized spacial score (nSPS) is 18.9. The van der Waals surface area contributed by atoms with Crippen LogP contribution in [-0.4, -0.2) is 43.4 Å². The smallest absolute Gasteiger partial charge is 0.274 e. The van der Waals surface area contributed by atoms with Crippen LogP contribution in [0.2, 0.25) is 0 Å². The minimum atomic E-state index is -0.886. The molecule has 1 aromatic carbocycles. The number of nitrogens with zero attached hydrogens (tertiary/aromatic N) is 3. The van der Waals surface area contributed by atoms with E-state index in [1.54, 1.807) is 11.8 Å². The molecule has 3 rings (SSSR count). The predicted molar refractivity (Wildman–Crippen MR) is 96.9 cm³/mol. The maximum atomic E-state index is 13.0. The summed E-state index contributed by atoms with van der Waals surface area (Å²) in [6.45, 7) is 3.78. The fraction of sp³-hybridized carbons (Fsp3) is 0.368. The highest BCUT2D eigenvalue weighted by molar-refractivity contribution is 5.95. The number of benzene rings is 1. The van der Waals surface area contributed by atoms with Crippen LogP contribution < -0.4 is 5.32 Å². The van der Waals surface area contributed by atoms with Crippen LogP contribution >= 0.6 is 0 Å². The van der Waals surface area contributed by atoms with Gasteiger partial charge in [0.15, 0.2) is 11.5 Å². The molecular formula is C19H21FN4O4. The molecule has 2 amide bonds. The molecule has 28 heavy (non-hydrogen) atoms. The number of amides is 2. The molecule has 3 N–H and O–H groups in total. The third kappa shape index (κ3) is 3.60. The first-order valence-corrected chi connectivity index (χ1v) is 8.83. The van der Waals surface area contributed by atoms with Gasteiger partial charge in [0, 0.05) is 20.0 Å². The summed E-state index contributed by atoms with van der Waals surface area (Å²) >= 11 is 0. The van der Waals surface area contributed by atoms with Crippen molar-refractivity contribution < 1.29 is 24.2 Å². The summed E-state index contributed by atoms with van der Waals surface area (Å²) in [5, 5.41) is 22.6. The summed E-state index contributed by atoms with van der Waals surface area (Å²) in [6, 6.07) is 5.57. The molecule has 0 spiro atoms. The lowest BCUT2D eigenvalue weighted by Crippen LogP contribution is -2.43. The number of aromatic nitrogens is 2. The maximum Gasteiger partial charge on any atom is 0.274 e. The molecule has 1 fully saturated rings. The monoisotopic (exact) mass is 388 g/mol. The molecule has 148 valence electrons. The van der Waals surface area contributed by atoms with Crippen LogP contribution in [0.4, 0.5) is 4.39 Å².